The zero-order valence-electron chi connectivity index (χ0n) is 7.50. The second kappa shape index (κ2) is 4.28. The van der Waals surface area contributed by atoms with Crippen LogP contribution < -0.4 is 5.32 Å². The number of hydrogen-bond donors (Lipinski definition) is 1. The van der Waals surface area contributed by atoms with E-state index in [0.717, 1.165) is 12.8 Å². The van der Waals surface area contributed by atoms with Crippen LogP contribution in [0.4, 0.5) is 5.82 Å². The highest BCUT2D eigenvalue weighted by Gasteiger charge is 2.17. The smallest absolute Gasteiger partial charge is 0.245 e. The van der Waals surface area contributed by atoms with E-state index in [0.29, 0.717) is 11.9 Å². The van der Waals surface area contributed by atoms with Gasteiger partial charge in [-0.05, 0) is 24.4 Å². The highest BCUT2D eigenvalue weighted by molar-refractivity contribution is 6.32. The monoisotopic (exact) mass is 232 g/mol. The second-order valence-corrected chi connectivity index (χ2v) is 4.04. The van der Waals surface area contributed by atoms with Crippen LogP contribution in [0.5, 0.6) is 0 Å². The van der Waals surface area contributed by atoms with Gasteiger partial charge in [0.05, 0.1) is 0 Å². The zero-order chi connectivity index (χ0) is 9.97. The number of anilines is 1. The predicted octanol–water partition coefficient (Wildman–Crippen LogP) is 2.53. The number of aromatic nitrogens is 3. The molecule has 0 atom stereocenters. The zero-order valence-corrected chi connectivity index (χ0v) is 9.02. The summed E-state index contributed by atoms with van der Waals surface area (Å²) in [4.78, 5) is 3.98. The third-order valence-corrected chi connectivity index (χ3v) is 2.73. The van der Waals surface area contributed by atoms with Gasteiger partial charge in [-0.25, -0.2) is 0 Å². The first-order valence-corrected chi connectivity index (χ1v) is 5.33. The minimum absolute atomic E-state index is 0.120. The van der Waals surface area contributed by atoms with Crippen molar-refractivity contribution >= 4 is 29.0 Å². The van der Waals surface area contributed by atoms with Crippen molar-refractivity contribution in [2.45, 2.75) is 31.7 Å². The SMILES string of the molecule is Clc1nnc(Cl)c(NC2CCCC2)n1. The molecule has 0 aliphatic heterocycles. The predicted molar refractivity (Wildman–Crippen MR) is 55.7 cm³/mol. The second-order valence-electron chi connectivity index (χ2n) is 3.35. The summed E-state index contributed by atoms with van der Waals surface area (Å²) in [6.07, 6.45) is 4.80. The normalized spacial score (nSPS) is 17.3. The van der Waals surface area contributed by atoms with Crippen molar-refractivity contribution in [3.8, 4) is 0 Å². The largest absolute Gasteiger partial charge is 0.365 e. The molecule has 14 heavy (non-hydrogen) atoms. The molecule has 1 aromatic rings. The van der Waals surface area contributed by atoms with Gasteiger partial charge in [0, 0.05) is 6.04 Å². The average Bonchev–Trinajstić information content (AvgIpc) is 2.64. The van der Waals surface area contributed by atoms with Crippen molar-refractivity contribution < 1.29 is 0 Å². The molecule has 1 aliphatic carbocycles. The van der Waals surface area contributed by atoms with Gasteiger partial charge in [0.2, 0.25) is 5.28 Å². The van der Waals surface area contributed by atoms with Crippen LogP contribution in [0.3, 0.4) is 0 Å². The highest BCUT2D eigenvalue weighted by atomic mass is 35.5. The number of rotatable bonds is 2. The number of halogens is 2. The molecule has 1 N–H and O–H groups in total. The summed E-state index contributed by atoms with van der Waals surface area (Å²) in [6.45, 7) is 0. The summed E-state index contributed by atoms with van der Waals surface area (Å²) in [5, 5.41) is 10.8. The number of nitrogens with zero attached hydrogens (tertiary/aromatic N) is 3. The fourth-order valence-corrected chi connectivity index (χ4v) is 1.91. The van der Waals surface area contributed by atoms with Gasteiger partial charge in [-0.1, -0.05) is 24.4 Å². The third-order valence-electron chi connectivity index (χ3n) is 2.32. The van der Waals surface area contributed by atoms with Crippen molar-refractivity contribution in [2.24, 2.45) is 0 Å². The Bertz CT molecular complexity index is 325. The molecule has 0 aromatic carbocycles. The van der Waals surface area contributed by atoms with Crippen LogP contribution in [0.1, 0.15) is 25.7 Å². The summed E-state index contributed by atoms with van der Waals surface area (Å²) < 4.78 is 0. The van der Waals surface area contributed by atoms with E-state index in [-0.39, 0.29) is 10.4 Å². The molecule has 1 saturated carbocycles. The van der Waals surface area contributed by atoms with E-state index in [1.807, 2.05) is 0 Å². The van der Waals surface area contributed by atoms with Crippen LogP contribution >= 0.6 is 23.2 Å². The Balaban J connectivity index is 2.10. The van der Waals surface area contributed by atoms with Gasteiger partial charge in [-0.3, -0.25) is 0 Å². The molecule has 0 radical (unpaired) electrons. The summed E-state index contributed by atoms with van der Waals surface area (Å²) >= 11 is 11.4. The van der Waals surface area contributed by atoms with Gasteiger partial charge in [-0.2, -0.15) is 4.98 Å². The van der Waals surface area contributed by atoms with Gasteiger partial charge in [0.15, 0.2) is 11.0 Å². The Hall–Kier alpha value is -0.610. The first kappa shape index (κ1) is 9.93. The van der Waals surface area contributed by atoms with Crippen LogP contribution in [0.2, 0.25) is 10.4 Å². The van der Waals surface area contributed by atoms with E-state index in [1.54, 1.807) is 0 Å². The maximum absolute atomic E-state index is 5.82. The van der Waals surface area contributed by atoms with Crippen molar-refractivity contribution in [1.29, 1.82) is 0 Å². The van der Waals surface area contributed by atoms with Gasteiger partial charge in [0.1, 0.15) is 0 Å². The quantitative estimate of drug-likeness (QED) is 0.852. The van der Waals surface area contributed by atoms with Crippen molar-refractivity contribution in [3.63, 3.8) is 0 Å². The maximum atomic E-state index is 5.82. The lowest BCUT2D eigenvalue weighted by molar-refractivity contribution is 0.746. The molecule has 1 aliphatic rings. The number of hydrogen-bond acceptors (Lipinski definition) is 4. The fraction of sp³-hybridized carbons (Fsp3) is 0.625. The molecule has 0 amide bonds. The molecule has 6 heteroatoms. The lowest BCUT2D eigenvalue weighted by Gasteiger charge is -2.12. The molecule has 76 valence electrons. The molecule has 0 unspecified atom stereocenters. The van der Waals surface area contributed by atoms with Gasteiger partial charge < -0.3 is 5.32 Å². The van der Waals surface area contributed by atoms with Crippen LogP contribution in [0, 0.1) is 0 Å². The summed E-state index contributed by atoms with van der Waals surface area (Å²) in [6, 6.07) is 0.445. The Kier molecular flexibility index (Phi) is 3.03. The van der Waals surface area contributed by atoms with Gasteiger partial charge >= 0.3 is 0 Å². The van der Waals surface area contributed by atoms with E-state index in [4.69, 9.17) is 23.2 Å². The number of nitrogens with one attached hydrogen (secondary N) is 1. The van der Waals surface area contributed by atoms with Crippen molar-refractivity contribution in [2.75, 3.05) is 5.32 Å². The molecule has 2 rings (SSSR count). The first-order chi connectivity index (χ1) is 6.75. The van der Waals surface area contributed by atoms with E-state index >= 15 is 0 Å². The molecular weight excluding hydrogens is 223 g/mol. The molecule has 4 nitrogen and oxygen atoms in total. The average molecular weight is 233 g/mol. The lowest BCUT2D eigenvalue weighted by atomic mass is 10.2. The van der Waals surface area contributed by atoms with E-state index in [2.05, 4.69) is 20.5 Å². The Morgan fingerprint density at radius 2 is 1.86 bits per heavy atom. The van der Waals surface area contributed by atoms with E-state index in [9.17, 15) is 0 Å². The summed E-state index contributed by atoms with van der Waals surface area (Å²) in [7, 11) is 0. The van der Waals surface area contributed by atoms with Crippen LogP contribution in [0.15, 0.2) is 0 Å². The molecule has 1 aromatic heterocycles. The van der Waals surface area contributed by atoms with Crippen molar-refractivity contribution in [3.05, 3.63) is 10.4 Å². The Labute approximate surface area is 92.0 Å². The first-order valence-electron chi connectivity index (χ1n) is 4.58. The van der Waals surface area contributed by atoms with Crippen LogP contribution in [0.25, 0.3) is 0 Å². The van der Waals surface area contributed by atoms with E-state index in [1.165, 1.54) is 12.8 Å². The van der Waals surface area contributed by atoms with E-state index < -0.39 is 0 Å². The molecular formula is C8H10Cl2N4. The molecule has 0 spiro atoms. The fourth-order valence-electron chi connectivity index (χ4n) is 1.65. The minimum Gasteiger partial charge on any atom is -0.365 e. The highest BCUT2D eigenvalue weighted by Crippen LogP contribution is 2.24. The van der Waals surface area contributed by atoms with Crippen LogP contribution in [-0.2, 0) is 0 Å². The van der Waals surface area contributed by atoms with Gasteiger partial charge in [0.25, 0.3) is 0 Å². The minimum atomic E-state index is 0.120. The topological polar surface area (TPSA) is 50.7 Å². The molecule has 1 fully saturated rings. The van der Waals surface area contributed by atoms with Crippen LogP contribution in [-0.4, -0.2) is 21.2 Å². The van der Waals surface area contributed by atoms with Crippen molar-refractivity contribution in [1.82, 2.24) is 15.2 Å². The summed E-state index contributed by atoms with van der Waals surface area (Å²) in [5.74, 6) is 0.540. The maximum Gasteiger partial charge on any atom is 0.245 e. The Morgan fingerprint density at radius 1 is 1.14 bits per heavy atom. The molecule has 0 saturated heterocycles. The summed E-state index contributed by atoms with van der Waals surface area (Å²) in [5.41, 5.74) is 0. The molecule has 1 heterocycles. The standard InChI is InChI=1S/C8H10Cl2N4/c9-6-7(12-8(10)14-13-6)11-5-3-1-2-4-5/h5H,1-4H2,(H,11,12,14). The van der Waals surface area contributed by atoms with Gasteiger partial charge in [-0.15, -0.1) is 10.2 Å². The Morgan fingerprint density at radius 3 is 2.57 bits per heavy atom. The molecule has 0 bridgehead atoms. The third kappa shape index (κ3) is 2.25. The lowest BCUT2D eigenvalue weighted by Crippen LogP contribution is -2.16.